The Morgan fingerprint density at radius 2 is 2.36 bits per heavy atom. The van der Waals surface area contributed by atoms with Gasteiger partial charge in [0, 0.05) is 11.8 Å². The molecule has 0 atom stereocenters. The number of H-pyrrole nitrogens is 1. The summed E-state index contributed by atoms with van der Waals surface area (Å²) in [4.78, 5) is 18.8. The van der Waals surface area contributed by atoms with Crippen LogP contribution in [-0.4, -0.2) is 15.9 Å². The highest BCUT2D eigenvalue weighted by Gasteiger charge is 2.03. The minimum Gasteiger partial charge on any atom is -0.324 e. The van der Waals surface area contributed by atoms with Crippen molar-refractivity contribution in [3.63, 3.8) is 0 Å². The molecule has 72 valence electrons. The fourth-order valence-corrected chi connectivity index (χ4v) is 1.43. The van der Waals surface area contributed by atoms with Crippen molar-refractivity contribution < 1.29 is 4.79 Å². The van der Waals surface area contributed by atoms with Crippen LogP contribution in [0.3, 0.4) is 0 Å². The van der Waals surface area contributed by atoms with Crippen molar-refractivity contribution in [2.24, 2.45) is 0 Å². The molecule has 0 aliphatic carbocycles. The SMILES string of the molecule is CC(=O)Nc1nc2ccc(S)cc2[nH]1. The number of amides is 1. The van der Waals surface area contributed by atoms with Gasteiger partial charge in [0.05, 0.1) is 11.0 Å². The van der Waals surface area contributed by atoms with Gasteiger partial charge in [-0.2, -0.15) is 0 Å². The average Bonchev–Trinajstić information content (AvgIpc) is 2.44. The van der Waals surface area contributed by atoms with Gasteiger partial charge in [-0.3, -0.25) is 10.1 Å². The Labute approximate surface area is 86.1 Å². The minimum atomic E-state index is -0.143. The lowest BCUT2D eigenvalue weighted by molar-refractivity contribution is -0.114. The fraction of sp³-hybridized carbons (Fsp3) is 0.111. The molecule has 1 aromatic heterocycles. The second-order valence-electron chi connectivity index (χ2n) is 2.97. The topological polar surface area (TPSA) is 57.8 Å². The number of anilines is 1. The molecule has 1 heterocycles. The van der Waals surface area contributed by atoms with Gasteiger partial charge in [0.25, 0.3) is 0 Å². The monoisotopic (exact) mass is 207 g/mol. The maximum atomic E-state index is 10.8. The van der Waals surface area contributed by atoms with E-state index in [0.29, 0.717) is 5.95 Å². The number of nitrogens with zero attached hydrogens (tertiary/aromatic N) is 1. The van der Waals surface area contributed by atoms with E-state index < -0.39 is 0 Å². The summed E-state index contributed by atoms with van der Waals surface area (Å²) in [5, 5.41) is 2.58. The van der Waals surface area contributed by atoms with Gasteiger partial charge in [-0.05, 0) is 18.2 Å². The number of benzene rings is 1. The van der Waals surface area contributed by atoms with E-state index in [2.05, 4.69) is 27.9 Å². The molecule has 0 unspecified atom stereocenters. The molecule has 2 aromatic rings. The highest BCUT2D eigenvalue weighted by atomic mass is 32.1. The van der Waals surface area contributed by atoms with Gasteiger partial charge >= 0.3 is 0 Å². The van der Waals surface area contributed by atoms with E-state index in [-0.39, 0.29) is 5.91 Å². The number of hydrogen-bond acceptors (Lipinski definition) is 3. The van der Waals surface area contributed by atoms with Crippen molar-refractivity contribution in [1.82, 2.24) is 9.97 Å². The Morgan fingerprint density at radius 1 is 1.57 bits per heavy atom. The third-order valence-electron chi connectivity index (χ3n) is 1.76. The summed E-state index contributed by atoms with van der Waals surface area (Å²) in [5.74, 6) is 0.321. The highest BCUT2D eigenvalue weighted by Crippen LogP contribution is 2.17. The van der Waals surface area contributed by atoms with E-state index in [1.165, 1.54) is 6.92 Å². The Kier molecular flexibility index (Phi) is 2.17. The molecule has 2 N–H and O–H groups in total. The lowest BCUT2D eigenvalue weighted by atomic mass is 10.3. The average molecular weight is 207 g/mol. The first-order valence-corrected chi connectivity index (χ1v) is 4.56. The lowest BCUT2D eigenvalue weighted by Gasteiger charge is -1.92. The summed E-state index contributed by atoms with van der Waals surface area (Å²) in [7, 11) is 0. The second kappa shape index (κ2) is 3.34. The number of imidazole rings is 1. The quantitative estimate of drug-likeness (QED) is 0.625. The van der Waals surface area contributed by atoms with Gasteiger partial charge in [-0.1, -0.05) is 0 Å². The number of hydrogen-bond donors (Lipinski definition) is 3. The predicted molar refractivity (Wildman–Crippen MR) is 57.6 cm³/mol. The zero-order chi connectivity index (χ0) is 10.1. The van der Waals surface area contributed by atoms with Crippen molar-refractivity contribution >= 4 is 35.5 Å². The van der Waals surface area contributed by atoms with Crippen molar-refractivity contribution in [3.8, 4) is 0 Å². The molecule has 0 fully saturated rings. The fourth-order valence-electron chi connectivity index (χ4n) is 1.22. The molecule has 0 saturated heterocycles. The molecule has 0 spiro atoms. The van der Waals surface area contributed by atoms with Crippen LogP contribution in [0.5, 0.6) is 0 Å². The van der Waals surface area contributed by atoms with E-state index >= 15 is 0 Å². The number of rotatable bonds is 1. The summed E-state index contributed by atoms with van der Waals surface area (Å²) in [6.45, 7) is 1.44. The van der Waals surface area contributed by atoms with Gasteiger partial charge in [-0.25, -0.2) is 4.98 Å². The second-order valence-corrected chi connectivity index (χ2v) is 3.48. The van der Waals surface area contributed by atoms with Crippen molar-refractivity contribution in [1.29, 1.82) is 0 Å². The number of thiol groups is 1. The largest absolute Gasteiger partial charge is 0.324 e. The van der Waals surface area contributed by atoms with E-state index in [1.54, 1.807) is 0 Å². The van der Waals surface area contributed by atoms with Crippen LogP contribution in [0, 0.1) is 0 Å². The minimum absolute atomic E-state index is 0.143. The number of carbonyl (C=O) groups excluding carboxylic acids is 1. The molecule has 0 saturated carbocycles. The van der Waals surface area contributed by atoms with Crippen molar-refractivity contribution in [3.05, 3.63) is 18.2 Å². The van der Waals surface area contributed by atoms with Gasteiger partial charge in [0.1, 0.15) is 0 Å². The Morgan fingerprint density at radius 3 is 3.07 bits per heavy atom. The van der Waals surface area contributed by atoms with Crippen LogP contribution in [-0.2, 0) is 4.79 Å². The Hall–Kier alpha value is -1.49. The van der Waals surface area contributed by atoms with Crippen LogP contribution in [0.25, 0.3) is 11.0 Å². The van der Waals surface area contributed by atoms with Gasteiger partial charge < -0.3 is 4.98 Å². The number of aromatic amines is 1. The molecule has 5 heteroatoms. The number of aromatic nitrogens is 2. The van der Waals surface area contributed by atoms with Crippen LogP contribution in [0.2, 0.25) is 0 Å². The van der Waals surface area contributed by atoms with Gasteiger partial charge in [-0.15, -0.1) is 12.6 Å². The van der Waals surface area contributed by atoms with E-state index in [4.69, 9.17) is 0 Å². The third-order valence-corrected chi connectivity index (χ3v) is 2.04. The molecule has 14 heavy (non-hydrogen) atoms. The van der Waals surface area contributed by atoms with Crippen molar-refractivity contribution in [2.45, 2.75) is 11.8 Å². The van der Waals surface area contributed by atoms with Crippen LogP contribution < -0.4 is 5.32 Å². The van der Waals surface area contributed by atoms with Crippen LogP contribution in [0.15, 0.2) is 23.1 Å². The molecule has 4 nitrogen and oxygen atoms in total. The number of nitrogens with one attached hydrogen (secondary N) is 2. The van der Waals surface area contributed by atoms with Gasteiger partial charge in [0.2, 0.25) is 11.9 Å². The van der Waals surface area contributed by atoms with Crippen LogP contribution >= 0.6 is 12.6 Å². The smallest absolute Gasteiger partial charge is 0.223 e. The highest BCUT2D eigenvalue weighted by molar-refractivity contribution is 7.80. The summed E-state index contributed by atoms with van der Waals surface area (Å²) in [6, 6.07) is 5.56. The zero-order valence-corrected chi connectivity index (χ0v) is 8.43. The standard InChI is InChI=1S/C9H9N3OS/c1-5(13)10-9-11-7-3-2-6(14)4-8(7)12-9/h2-4,14H,1H3,(H2,10,11,12,13). The molecule has 0 radical (unpaired) electrons. The third kappa shape index (κ3) is 1.72. The van der Waals surface area contributed by atoms with E-state index in [1.807, 2.05) is 18.2 Å². The summed E-state index contributed by atoms with van der Waals surface area (Å²) in [5.41, 5.74) is 1.67. The molecule has 0 bridgehead atoms. The summed E-state index contributed by atoms with van der Waals surface area (Å²) in [6.07, 6.45) is 0. The molecular formula is C9H9N3OS. The molecule has 2 rings (SSSR count). The van der Waals surface area contributed by atoms with Gasteiger partial charge in [0.15, 0.2) is 0 Å². The molecular weight excluding hydrogens is 198 g/mol. The summed E-state index contributed by atoms with van der Waals surface area (Å²) < 4.78 is 0. The molecule has 1 aromatic carbocycles. The number of carbonyl (C=O) groups is 1. The van der Waals surface area contributed by atoms with Crippen LogP contribution in [0.4, 0.5) is 5.95 Å². The maximum Gasteiger partial charge on any atom is 0.223 e. The predicted octanol–water partition coefficient (Wildman–Crippen LogP) is 1.81. The Bertz CT molecular complexity index is 492. The zero-order valence-electron chi connectivity index (χ0n) is 7.53. The number of fused-ring (bicyclic) bond motifs is 1. The summed E-state index contributed by atoms with van der Waals surface area (Å²) >= 11 is 4.20. The maximum absolute atomic E-state index is 10.8. The molecule has 1 amide bonds. The Balaban J connectivity index is 2.46. The lowest BCUT2D eigenvalue weighted by Crippen LogP contribution is -2.06. The van der Waals surface area contributed by atoms with E-state index in [9.17, 15) is 4.79 Å². The molecule has 0 aliphatic heterocycles. The normalized spacial score (nSPS) is 10.4. The van der Waals surface area contributed by atoms with Crippen molar-refractivity contribution in [2.75, 3.05) is 5.32 Å². The van der Waals surface area contributed by atoms with Crippen LogP contribution in [0.1, 0.15) is 6.92 Å². The first-order chi connectivity index (χ1) is 6.65. The van der Waals surface area contributed by atoms with E-state index in [0.717, 1.165) is 15.9 Å². The molecule has 0 aliphatic rings. The first kappa shape index (κ1) is 9.08. The first-order valence-electron chi connectivity index (χ1n) is 4.11.